The smallest absolute Gasteiger partial charge is 0.231 e. The molecule has 2 aliphatic rings. The maximum absolute atomic E-state index is 5.74. The van der Waals surface area contributed by atoms with Crippen molar-refractivity contribution in [2.24, 2.45) is 0 Å². The van der Waals surface area contributed by atoms with Crippen molar-refractivity contribution in [1.29, 1.82) is 0 Å². The minimum Gasteiger partial charge on any atom is -0.489 e. The van der Waals surface area contributed by atoms with Crippen LogP contribution in [0.2, 0.25) is 0 Å². The average Bonchev–Trinajstić information content (AvgIpc) is 2.95. The second-order valence-electron chi connectivity index (χ2n) is 6.19. The molecule has 1 fully saturated rings. The third kappa shape index (κ3) is 3.38. The zero-order valence-electron chi connectivity index (χ0n) is 13.6. The summed E-state index contributed by atoms with van der Waals surface area (Å²) in [6, 6.07) is 5.65. The van der Waals surface area contributed by atoms with Crippen molar-refractivity contribution in [3.8, 4) is 17.2 Å². The molecule has 0 radical (unpaired) electrons. The molecule has 0 aromatic heterocycles. The highest BCUT2D eigenvalue weighted by Gasteiger charge is 2.49. The van der Waals surface area contributed by atoms with Crippen molar-refractivity contribution in [1.82, 2.24) is 0 Å². The summed E-state index contributed by atoms with van der Waals surface area (Å²) in [6.45, 7) is 7.38. The summed E-state index contributed by atoms with van der Waals surface area (Å²) in [5.41, 5.74) is 1.47. The van der Waals surface area contributed by atoms with Gasteiger partial charge in [-0.1, -0.05) is 12.5 Å². The molecule has 0 saturated carbocycles. The molecule has 0 N–H and O–H groups in total. The van der Waals surface area contributed by atoms with Crippen LogP contribution in [0.5, 0.6) is 17.2 Å². The fraction of sp³-hybridized carbons (Fsp3) is 0.556. The summed E-state index contributed by atoms with van der Waals surface area (Å²) in [5.74, 6) is 2.34. The first-order valence-corrected chi connectivity index (χ1v) is 7.96. The Balaban J connectivity index is 1.42. The summed E-state index contributed by atoms with van der Waals surface area (Å²) < 4.78 is 22.1. The zero-order valence-corrected chi connectivity index (χ0v) is 13.6. The van der Waals surface area contributed by atoms with Gasteiger partial charge in [0.15, 0.2) is 11.5 Å². The molecule has 2 heterocycles. The molecule has 4 heteroatoms. The van der Waals surface area contributed by atoms with Gasteiger partial charge in [-0.25, -0.2) is 0 Å². The van der Waals surface area contributed by atoms with Gasteiger partial charge in [0.2, 0.25) is 6.79 Å². The van der Waals surface area contributed by atoms with Gasteiger partial charge < -0.3 is 18.9 Å². The number of benzene rings is 1. The van der Waals surface area contributed by atoms with Crippen molar-refractivity contribution in [3.05, 3.63) is 29.8 Å². The number of hydrogen-bond donors (Lipinski definition) is 0. The standard InChI is InChI=1S/C18H24O4/c1-4-18(3)17(22-18)8-5-13(2)9-10-19-14-6-7-15-16(11-14)21-12-20-15/h6-7,9,11,17H,4-5,8,10,12H2,1-3H3/b13-9+. The number of rotatable bonds is 7. The highest BCUT2D eigenvalue weighted by Crippen LogP contribution is 2.42. The molecule has 0 amide bonds. The number of ether oxygens (including phenoxy) is 4. The predicted octanol–water partition coefficient (Wildman–Crippen LogP) is 4.09. The van der Waals surface area contributed by atoms with Gasteiger partial charge in [-0.3, -0.25) is 0 Å². The topological polar surface area (TPSA) is 40.2 Å². The minimum absolute atomic E-state index is 0.128. The highest BCUT2D eigenvalue weighted by molar-refractivity contribution is 5.46. The SMILES string of the molecule is CCC1(C)OC1CC/C(C)=C/COc1ccc2c(c1)OCO2. The van der Waals surface area contributed by atoms with Crippen molar-refractivity contribution in [3.63, 3.8) is 0 Å². The van der Waals surface area contributed by atoms with E-state index in [1.54, 1.807) is 0 Å². The second kappa shape index (κ2) is 6.21. The molecule has 0 aliphatic carbocycles. The molecule has 2 unspecified atom stereocenters. The lowest BCUT2D eigenvalue weighted by Gasteiger charge is -2.06. The molecule has 0 spiro atoms. The predicted molar refractivity (Wildman–Crippen MR) is 84.6 cm³/mol. The van der Waals surface area contributed by atoms with Crippen LogP contribution in [-0.4, -0.2) is 25.1 Å². The van der Waals surface area contributed by atoms with E-state index in [0.29, 0.717) is 12.7 Å². The van der Waals surface area contributed by atoms with Gasteiger partial charge in [0.1, 0.15) is 12.4 Å². The van der Waals surface area contributed by atoms with Crippen LogP contribution in [0, 0.1) is 0 Å². The molecule has 120 valence electrons. The van der Waals surface area contributed by atoms with Gasteiger partial charge in [-0.2, -0.15) is 0 Å². The maximum Gasteiger partial charge on any atom is 0.231 e. The Kier molecular flexibility index (Phi) is 4.30. The third-order valence-electron chi connectivity index (χ3n) is 4.56. The molecule has 4 nitrogen and oxygen atoms in total. The molecule has 1 aromatic carbocycles. The van der Waals surface area contributed by atoms with E-state index < -0.39 is 0 Å². The van der Waals surface area contributed by atoms with Crippen LogP contribution in [0.25, 0.3) is 0 Å². The lowest BCUT2D eigenvalue weighted by Crippen LogP contribution is -2.07. The number of epoxide rings is 1. The van der Waals surface area contributed by atoms with Crippen molar-refractivity contribution in [2.45, 2.75) is 51.7 Å². The first-order chi connectivity index (χ1) is 10.6. The van der Waals surface area contributed by atoms with E-state index in [0.717, 1.165) is 36.5 Å². The monoisotopic (exact) mass is 304 g/mol. The van der Waals surface area contributed by atoms with Crippen LogP contribution in [-0.2, 0) is 4.74 Å². The molecule has 1 aromatic rings. The highest BCUT2D eigenvalue weighted by atomic mass is 16.7. The fourth-order valence-corrected chi connectivity index (χ4v) is 2.67. The Morgan fingerprint density at radius 3 is 2.95 bits per heavy atom. The van der Waals surface area contributed by atoms with Gasteiger partial charge in [0.05, 0.1) is 11.7 Å². The van der Waals surface area contributed by atoms with Gasteiger partial charge in [-0.05, 0) is 51.3 Å². The lowest BCUT2D eigenvalue weighted by atomic mass is 9.99. The van der Waals surface area contributed by atoms with Crippen molar-refractivity contribution in [2.75, 3.05) is 13.4 Å². The molecule has 2 aliphatic heterocycles. The van der Waals surface area contributed by atoms with E-state index in [1.165, 1.54) is 5.57 Å². The maximum atomic E-state index is 5.74. The van der Waals surface area contributed by atoms with Crippen LogP contribution in [0.4, 0.5) is 0 Å². The van der Waals surface area contributed by atoms with Crippen LogP contribution >= 0.6 is 0 Å². The first-order valence-electron chi connectivity index (χ1n) is 7.96. The molecule has 3 rings (SSSR count). The molecule has 0 bridgehead atoms. The number of fused-ring (bicyclic) bond motifs is 1. The van der Waals surface area contributed by atoms with Gasteiger partial charge in [-0.15, -0.1) is 0 Å². The Bertz CT molecular complexity index is 566. The fourth-order valence-electron chi connectivity index (χ4n) is 2.67. The lowest BCUT2D eigenvalue weighted by molar-refractivity contribution is 0.174. The van der Waals surface area contributed by atoms with E-state index in [9.17, 15) is 0 Å². The van der Waals surface area contributed by atoms with Crippen LogP contribution < -0.4 is 14.2 Å². The van der Waals surface area contributed by atoms with E-state index in [2.05, 4.69) is 26.8 Å². The van der Waals surface area contributed by atoms with Crippen molar-refractivity contribution >= 4 is 0 Å². The van der Waals surface area contributed by atoms with Gasteiger partial charge in [0, 0.05) is 6.07 Å². The molecular formula is C18H24O4. The van der Waals surface area contributed by atoms with Crippen LogP contribution in [0.15, 0.2) is 29.8 Å². The Morgan fingerprint density at radius 1 is 1.36 bits per heavy atom. The van der Waals surface area contributed by atoms with E-state index in [1.807, 2.05) is 18.2 Å². The summed E-state index contributed by atoms with van der Waals surface area (Å²) in [7, 11) is 0. The largest absolute Gasteiger partial charge is 0.489 e. The minimum atomic E-state index is 0.128. The van der Waals surface area contributed by atoms with Gasteiger partial charge in [0.25, 0.3) is 0 Å². The molecule has 2 atom stereocenters. The van der Waals surface area contributed by atoms with E-state index in [-0.39, 0.29) is 12.4 Å². The van der Waals surface area contributed by atoms with Gasteiger partial charge >= 0.3 is 0 Å². The molecule has 22 heavy (non-hydrogen) atoms. The number of hydrogen-bond acceptors (Lipinski definition) is 4. The van der Waals surface area contributed by atoms with E-state index in [4.69, 9.17) is 18.9 Å². The average molecular weight is 304 g/mol. The normalized spacial score (nSPS) is 26.1. The zero-order chi connectivity index (χ0) is 15.6. The Morgan fingerprint density at radius 2 is 2.18 bits per heavy atom. The summed E-state index contributed by atoms with van der Waals surface area (Å²) in [4.78, 5) is 0. The Hall–Kier alpha value is -1.68. The summed E-state index contributed by atoms with van der Waals surface area (Å²) >= 11 is 0. The molecular weight excluding hydrogens is 280 g/mol. The Labute approximate surface area is 132 Å². The number of allylic oxidation sites excluding steroid dienone is 1. The second-order valence-corrected chi connectivity index (χ2v) is 6.19. The third-order valence-corrected chi connectivity index (χ3v) is 4.56. The van der Waals surface area contributed by atoms with Crippen LogP contribution in [0.3, 0.4) is 0 Å². The quantitative estimate of drug-likeness (QED) is 0.562. The van der Waals surface area contributed by atoms with Crippen molar-refractivity contribution < 1.29 is 18.9 Å². The molecule has 1 saturated heterocycles. The summed E-state index contributed by atoms with van der Waals surface area (Å²) in [6.07, 6.45) is 5.81. The summed E-state index contributed by atoms with van der Waals surface area (Å²) in [5, 5.41) is 0. The van der Waals surface area contributed by atoms with Crippen LogP contribution in [0.1, 0.15) is 40.0 Å². The van der Waals surface area contributed by atoms with E-state index >= 15 is 0 Å². The first kappa shape index (κ1) is 15.2.